The van der Waals surface area contributed by atoms with Crippen molar-refractivity contribution >= 4 is 17.3 Å². The standard InChI is InChI=1S/C19H20N2O/c1-4-13-10-15(5-2)20-19-18(13)17(22)11-16(21-19)14-8-6-12(3)7-9-14/h6-10H,4-5,11H2,1-3H3. The Morgan fingerprint density at radius 2 is 1.82 bits per heavy atom. The smallest absolute Gasteiger partial charge is 0.172 e. The van der Waals surface area contributed by atoms with Gasteiger partial charge in [0.1, 0.15) is 0 Å². The average molecular weight is 292 g/mol. The van der Waals surface area contributed by atoms with Gasteiger partial charge in [0, 0.05) is 5.69 Å². The number of carbonyl (C=O) groups is 1. The fourth-order valence-electron chi connectivity index (χ4n) is 2.81. The van der Waals surface area contributed by atoms with Crippen molar-refractivity contribution in [3.8, 4) is 0 Å². The normalized spacial score (nSPS) is 13.8. The molecule has 0 radical (unpaired) electrons. The lowest BCUT2D eigenvalue weighted by Gasteiger charge is -2.18. The Hall–Kier alpha value is -2.29. The molecule has 2 aromatic rings. The van der Waals surface area contributed by atoms with Gasteiger partial charge in [-0.05, 0) is 37.0 Å². The van der Waals surface area contributed by atoms with Crippen molar-refractivity contribution in [1.29, 1.82) is 0 Å². The fourth-order valence-corrected chi connectivity index (χ4v) is 2.81. The second kappa shape index (κ2) is 5.84. The van der Waals surface area contributed by atoms with E-state index in [4.69, 9.17) is 4.99 Å². The highest BCUT2D eigenvalue weighted by atomic mass is 16.1. The van der Waals surface area contributed by atoms with Crippen molar-refractivity contribution in [2.75, 3.05) is 0 Å². The molecule has 1 aliphatic rings. The van der Waals surface area contributed by atoms with E-state index in [0.29, 0.717) is 12.2 Å². The predicted octanol–water partition coefficient (Wildman–Crippen LogP) is 4.22. The summed E-state index contributed by atoms with van der Waals surface area (Å²) in [5, 5.41) is 0. The topological polar surface area (TPSA) is 42.3 Å². The number of aromatic nitrogens is 1. The lowest BCUT2D eigenvalue weighted by atomic mass is 9.93. The van der Waals surface area contributed by atoms with Crippen LogP contribution >= 0.6 is 0 Å². The van der Waals surface area contributed by atoms with Crippen LogP contribution in [0.1, 0.15) is 53.0 Å². The quantitative estimate of drug-likeness (QED) is 0.850. The maximum Gasteiger partial charge on any atom is 0.172 e. The van der Waals surface area contributed by atoms with Crippen molar-refractivity contribution in [2.24, 2.45) is 4.99 Å². The summed E-state index contributed by atoms with van der Waals surface area (Å²) >= 11 is 0. The molecular weight excluding hydrogens is 272 g/mol. The third kappa shape index (κ3) is 2.59. The zero-order valence-corrected chi connectivity index (χ0v) is 13.3. The van der Waals surface area contributed by atoms with E-state index >= 15 is 0 Å². The molecule has 0 saturated carbocycles. The molecule has 3 heteroatoms. The Morgan fingerprint density at radius 1 is 1.09 bits per heavy atom. The largest absolute Gasteiger partial charge is 0.294 e. The lowest BCUT2D eigenvalue weighted by Crippen LogP contribution is -2.17. The zero-order chi connectivity index (χ0) is 15.7. The molecule has 1 aromatic carbocycles. The number of nitrogens with zero attached hydrogens (tertiary/aromatic N) is 2. The summed E-state index contributed by atoms with van der Waals surface area (Å²) in [5.74, 6) is 0.732. The summed E-state index contributed by atoms with van der Waals surface area (Å²) in [6.07, 6.45) is 2.04. The number of hydrogen-bond donors (Lipinski definition) is 0. The molecule has 0 atom stereocenters. The van der Waals surface area contributed by atoms with Crippen LogP contribution in [0.15, 0.2) is 35.3 Å². The summed E-state index contributed by atoms with van der Waals surface area (Å²) in [5.41, 5.74) is 5.81. The van der Waals surface area contributed by atoms with E-state index in [1.54, 1.807) is 0 Å². The van der Waals surface area contributed by atoms with Crippen LogP contribution in [0.2, 0.25) is 0 Å². The lowest BCUT2D eigenvalue weighted by molar-refractivity contribution is 0.0998. The Morgan fingerprint density at radius 3 is 2.45 bits per heavy atom. The van der Waals surface area contributed by atoms with E-state index in [1.807, 2.05) is 30.3 Å². The molecule has 1 aliphatic heterocycles. The van der Waals surface area contributed by atoms with Gasteiger partial charge in [-0.2, -0.15) is 0 Å². The summed E-state index contributed by atoms with van der Waals surface area (Å²) < 4.78 is 0. The first-order chi connectivity index (χ1) is 10.6. The molecule has 0 aliphatic carbocycles. The molecule has 0 amide bonds. The van der Waals surface area contributed by atoms with Gasteiger partial charge in [0.25, 0.3) is 0 Å². The number of rotatable bonds is 3. The van der Waals surface area contributed by atoms with Crippen LogP contribution in [0.5, 0.6) is 0 Å². The minimum absolute atomic E-state index is 0.132. The minimum atomic E-state index is 0.132. The third-order valence-electron chi connectivity index (χ3n) is 4.11. The van der Waals surface area contributed by atoms with E-state index in [1.165, 1.54) is 5.56 Å². The number of benzene rings is 1. The predicted molar refractivity (Wildman–Crippen MR) is 89.3 cm³/mol. The second-order valence-electron chi connectivity index (χ2n) is 5.70. The van der Waals surface area contributed by atoms with Gasteiger partial charge in [0.15, 0.2) is 11.6 Å². The molecule has 0 unspecified atom stereocenters. The monoisotopic (exact) mass is 292 g/mol. The van der Waals surface area contributed by atoms with E-state index in [-0.39, 0.29) is 5.78 Å². The molecule has 0 fully saturated rings. The summed E-state index contributed by atoms with van der Waals surface area (Å²) in [4.78, 5) is 21.9. The van der Waals surface area contributed by atoms with Gasteiger partial charge in [-0.1, -0.05) is 43.7 Å². The van der Waals surface area contributed by atoms with Crippen LogP contribution < -0.4 is 0 Å². The van der Waals surface area contributed by atoms with E-state index < -0.39 is 0 Å². The van der Waals surface area contributed by atoms with Gasteiger partial charge in [-0.15, -0.1) is 0 Å². The molecule has 0 bridgehead atoms. The molecule has 3 nitrogen and oxygen atoms in total. The summed E-state index contributed by atoms with van der Waals surface area (Å²) in [7, 11) is 0. The van der Waals surface area contributed by atoms with Crippen LogP contribution in [0.25, 0.3) is 0 Å². The second-order valence-corrected chi connectivity index (χ2v) is 5.70. The maximum atomic E-state index is 12.6. The number of pyridine rings is 1. The first-order valence-corrected chi connectivity index (χ1v) is 7.83. The number of aliphatic imine (C=N–C) groups is 1. The van der Waals surface area contributed by atoms with Crippen LogP contribution in [0.4, 0.5) is 5.82 Å². The van der Waals surface area contributed by atoms with Gasteiger partial charge < -0.3 is 0 Å². The maximum absolute atomic E-state index is 12.6. The number of fused-ring (bicyclic) bond motifs is 1. The van der Waals surface area contributed by atoms with Crippen LogP contribution in [-0.2, 0) is 12.8 Å². The van der Waals surface area contributed by atoms with Crippen molar-refractivity contribution in [3.63, 3.8) is 0 Å². The van der Waals surface area contributed by atoms with E-state index in [2.05, 4.69) is 25.8 Å². The number of Topliss-reactive ketones (excluding diaryl/α,β-unsaturated/α-hetero) is 1. The van der Waals surface area contributed by atoms with Crippen LogP contribution in [0.3, 0.4) is 0 Å². The molecule has 1 aromatic heterocycles. The van der Waals surface area contributed by atoms with Gasteiger partial charge in [-0.25, -0.2) is 9.98 Å². The van der Waals surface area contributed by atoms with Crippen molar-refractivity contribution in [1.82, 2.24) is 4.98 Å². The first-order valence-electron chi connectivity index (χ1n) is 7.83. The van der Waals surface area contributed by atoms with E-state index in [9.17, 15) is 4.79 Å². The SMILES string of the molecule is CCc1cc(CC)c2c(n1)N=C(c1ccc(C)cc1)CC2=O. The minimum Gasteiger partial charge on any atom is -0.294 e. The molecule has 3 rings (SSSR count). The van der Waals surface area contributed by atoms with Gasteiger partial charge in [0.05, 0.1) is 17.7 Å². The average Bonchev–Trinajstić information content (AvgIpc) is 2.54. The van der Waals surface area contributed by atoms with Gasteiger partial charge in [0.2, 0.25) is 0 Å². The molecule has 2 heterocycles. The molecule has 22 heavy (non-hydrogen) atoms. The van der Waals surface area contributed by atoms with Crippen molar-refractivity contribution < 1.29 is 4.79 Å². The Labute approximate surface area is 131 Å². The number of ketones is 1. The molecular formula is C19H20N2O. The third-order valence-corrected chi connectivity index (χ3v) is 4.11. The number of aryl methyl sites for hydroxylation is 3. The molecule has 112 valence electrons. The Bertz CT molecular complexity index is 758. The number of carbonyl (C=O) groups excluding carboxylic acids is 1. The van der Waals surface area contributed by atoms with Gasteiger partial charge in [-0.3, -0.25) is 4.79 Å². The summed E-state index contributed by atoms with van der Waals surface area (Å²) in [6, 6.07) is 10.2. The molecule has 0 spiro atoms. The fraction of sp³-hybridized carbons (Fsp3) is 0.316. The van der Waals surface area contributed by atoms with Crippen LogP contribution in [-0.4, -0.2) is 16.5 Å². The highest BCUT2D eigenvalue weighted by Crippen LogP contribution is 2.30. The Balaban J connectivity index is 2.13. The highest BCUT2D eigenvalue weighted by molar-refractivity contribution is 6.21. The highest BCUT2D eigenvalue weighted by Gasteiger charge is 2.25. The zero-order valence-electron chi connectivity index (χ0n) is 13.3. The first kappa shape index (κ1) is 14.6. The Kier molecular flexibility index (Phi) is 3.88. The summed E-state index contributed by atoms with van der Waals surface area (Å²) in [6.45, 7) is 6.19. The molecule has 0 saturated heterocycles. The number of hydrogen-bond acceptors (Lipinski definition) is 3. The molecule has 0 N–H and O–H groups in total. The van der Waals surface area contributed by atoms with Crippen molar-refractivity contribution in [3.05, 3.63) is 58.3 Å². The van der Waals surface area contributed by atoms with Crippen molar-refractivity contribution in [2.45, 2.75) is 40.0 Å². The van der Waals surface area contributed by atoms with Gasteiger partial charge >= 0.3 is 0 Å². The van der Waals surface area contributed by atoms with E-state index in [0.717, 1.165) is 40.9 Å². The van der Waals surface area contributed by atoms with Crippen LogP contribution in [0, 0.1) is 6.92 Å².